The number of esters is 1. The van der Waals surface area contributed by atoms with E-state index in [0.717, 1.165) is 0 Å². The molecule has 0 saturated carbocycles. The normalized spacial score (nSPS) is 10.6. The summed E-state index contributed by atoms with van der Waals surface area (Å²) < 4.78 is 5.22. The Hall–Kier alpha value is -0.840. The van der Waals surface area contributed by atoms with Gasteiger partial charge in [-0.05, 0) is 28.1 Å². The molecule has 0 aliphatic rings. The number of halogens is 3. The first-order chi connectivity index (χ1) is 8.04. The lowest BCUT2D eigenvalue weighted by molar-refractivity contribution is 0.0599. The Bertz CT molecular complexity index is 616. The number of pyridine rings is 1. The molecule has 2 aromatic rings. The molecule has 6 heteroatoms. The summed E-state index contributed by atoms with van der Waals surface area (Å²) in [6.45, 7) is 0. The molecule has 0 unspecified atom stereocenters. The van der Waals surface area contributed by atoms with Crippen molar-refractivity contribution in [2.45, 2.75) is 0 Å². The minimum atomic E-state index is -0.470. The maximum atomic E-state index is 11.5. The maximum absolute atomic E-state index is 11.5. The fourth-order valence-electron chi connectivity index (χ4n) is 1.45. The largest absolute Gasteiger partial charge is 0.465 e. The Balaban J connectivity index is 2.79. The van der Waals surface area contributed by atoms with Crippen LogP contribution in [0.2, 0.25) is 10.0 Å². The van der Waals surface area contributed by atoms with Crippen LogP contribution in [0.25, 0.3) is 10.9 Å². The second-order valence-electron chi connectivity index (χ2n) is 3.26. The van der Waals surface area contributed by atoms with E-state index in [1.54, 1.807) is 12.1 Å². The molecule has 2 rings (SSSR count). The third-order valence-electron chi connectivity index (χ3n) is 2.23. The molecule has 0 fully saturated rings. The van der Waals surface area contributed by atoms with Crippen LogP contribution in [-0.4, -0.2) is 18.1 Å². The van der Waals surface area contributed by atoms with Gasteiger partial charge < -0.3 is 4.74 Å². The quantitative estimate of drug-likeness (QED) is 0.737. The number of carbonyl (C=O) groups excluding carboxylic acids is 1. The van der Waals surface area contributed by atoms with Gasteiger partial charge >= 0.3 is 5.97 Å². The molecule has 1 heterocycles. The molecule has 0 bridgehead atoms. The second-order valence-corrected chi connectivity index (χ2v) is 4.90. The fraction of sp³-hybridized carbons (Fsp3) is 0.0909. The summed E-state index contributed by atoms with van der Waals surface area (Å²) in [6.07, 6.45) is 1.41. The summed E-state index contributed by atoms with van der Waals surface area (Å²) in [4.78, 5) is 15.6. The molecule has 0 aliphatic heterocycles. The number of ether oxygens (including phenoxy) is 1. The van der Waals surface area contributed by atoms with Gasteiger partial charge in [-0.1, -0.05) is 23.2 Å². The molecule has 1 aromatic heterocycles. The van der Waals surface area contributed by atoms with Crippen LogP contribution >= 0.6 is 39.1 Å². The van der Waals surface area contributed by atoms with Crippen LogP contribution < -0.4 is 0 Å². The summed E-state index contributed by atoms with van der Waals surface area (Å²) in [5.74, 6) is -0.470. The highest BCUT2D eigenvalue weighted by molar-refractivity contribution is 9.10. The van der Waals surface area contributed by atoms with Gasteiger partial charge in [0, 0.05) is 21.1 Å². The van der Waals surface area contributed by atoms with Gasteiger partial charge in [0.15, 0.2) is 0 Å². The van der Waals surface area contributed by atoms with Crippen molar-refractivity contribution in [1.29, 1.82) is 0 Å². The van der Waals surface area contributed by atoms with Crippen molar-refractivity contribution < 1.29 is 9.53 Å². The molecule has 0 spiro atoms. The third-order valence-corrected chi connectivity index (χ3v) is 3.59. The molecule has 0 amide bonds. The molecule has 0 radical (unpaired) electrons. The Morgan fingerprint density at radius 3 is 2.76 bits per heavy atom. The fourth-order valence-corrected chi connectivity index (χ4v) is 2.56. The predicted molar refractivity (Wildman–Crippen MR) is 70.8 cm³/mol. The molecule has 17 heavy (non-hydrogen) atoms. The van der Waals surface area contributed by atoms with Gasteiger partial charge in [-0.15, -0.1) is 0 Å². The summed E-state index contributed by atoms with van der Waals surface area (Å²) in [5.41, 5.74) is 0.911. The number of hydrogen-bond donors (Lipinski definition) is 0. The van der Waals surface area contributed by atoms with Crippen molar-refractivity contribution >= 4 is 56.0 Å². The van der Waals surface area contributed by atoms with E-state index in [2.05, 4.69) is 25.7 Å². The standard InChI is InChI=1S/C11H6BrCl2NO2/c1-17-11(16)7-4-15-10-6(9(7)12)2-5(13)3-8(10)14/h2-4H,1H3. The van der Waals surface area contributed by atoms with E-state index in [1.807, 2.05) is 0 Å². The van der Waals surface area contributed by atoms with E-state index in [-0.39, 0.29) is 0 Å². The second kappa shape index (κ2) is 4.80. The predicted octanol–water partition coefficient (Wildman–Crippen LogP) is 4.09. The number of aromatic nitrogens is 1. The summed E-state index contributed by atoms with van der Waals surface area (Å²) in [5, 5.41) is 1.59. The minimum absolute atomic E-state index is 0.332. The van der Waals surface area contributed by atoms with Gasteiger partial charge in [0.1, 0.15) is 0 Å². The molecule has 3 nitrogen and oxygen atoms in total. The topological polar surface area (TPSA) is 39.2 Å². The van der Waals surface area contributed by atoms with Crippen LogP contribution in [0.1, 0.15) is 10.4 Å². The highest BCUT2D eigenvalue weighted by Gasteiger charge is 2.15. The van der Waals surface area contributed by atoms with E-state index in [0.29, 0.717) is 31.0 Å². The van der Waals surface area contributed by atoms with Crippen LogP contribution in [0, 0.1) is 0 Å². The Labute approximate surface area is 116 Å². The van der Waals surface area contributed by atoms with Gasteiger partial charge in [0.05, 0.1) is 23.2 Å². The van der Waals surface area contributed by atoms with E-state index < -0.39 is 5.97 Å². The van der Waals surface area contributed by atoms with Crippen molar-refractivity contribution in [3.8, 4) is 0 Å². The number of methoxy groups -OCH3 is 1. The van der Waals surface area contributed by atoms with E-state index in [4.69, 9.17) is 23.2 Å². The van der Waals surface area contributed by atoms with Crippen LogP contribution in [0.15, 0.2) is 22.8 Å². The highest BCUT2D eigenvalue weighted by atomic mass is 79.9. The smallest absolute Gasteiger partial charge is 0.340 e. The van der Waals surface area contributed by atoms with Gasteiger partial charge in [-0.2, -0.15) is 0 Å². The minimum Gasteiger partial charge on any atom is -0.465 e. The van der Waals surface area contributed by atoms with Crippen LogP contribution in [0.4, 0.5) is 0 Å². The van der Waals surface area contributed by atoms with Crippen molar-refractivity contribution in [1.82, 2.24) is 4.98 Å². The molecular formula is C11H6BrCl2NO2. The first kappa shape index (κ1) is 12.6. The van der Waals surface area contributed by atoms with Crippen molar-refractivity contribution in [3.63, 3.8) is 0 Å². The van der Waals surface area contributed by atoms with Crippen LogP contribution in [0.5, 0.6) is 0 Å². The lowest BCUT2D eigenvalue weighted by Crippen LogP contribution is -2.03. The Morgan fingerprint density at radius 2 is 2.12 bits per heavy atom. The Morgan fingerprint density at radius 1 is 1.41 bits per heavy atom. The molecule has 0 N–H and O–H groups in total. The number of fused-ring (bicyclic) bond motifs is 1. The first-order valence-electron chi connectivity index (χ1n) is 4.56. The summed E-state index contributed by atoms with van der Waals surface area (Å²) in [7, 11) is 1.31. The molecule has 0 atom stereocenters. The van der Waals surface area contributed by atoms with Gasteiger partial charge in [0.2, 0.25) is 0 Å². The van der Waals surface area contributed by atoms with E-state index in [1.165, 1.54) is 13.3 Å². The Kier molecular flexibility index (Phi) is 3.56. The average Bonchev–Trinajstić information content (AvgIpc) is 2.29. The van der Waals surface area contributed by atoms with Gasteiger partial charge in [-0.3, -0.25) is 4.98 Å². The van der Waals surface area contributed by atoms with Gasteiger partial charge in [-0.25, -0.2) is 4.79 Å². The number of carbonyl (C=O) groups is 1. The zero-order chi connectivity index (χ0) is 12.6. The lowest BCUT2D eigenvalue weighted by atomic mass is 10.1. The van der Waals surface area contributed by atoms with Gasteiger partial charge in [0.25, 0.3) is 0 Å². The number of rotatable bonds is 1. The van der Waals surface area contributed by atoms with Crippen LogP contribution in [-0.2, 0) is 4.74 Å². The first-order valence-corrected chi connectivity index (χ1v) is 6.11. The molecule has 0 saturated heterocycles. The van der Waals surface area contributed by atoms with E-state index in [9.17, 15) is 4.79 Å². The summed E-state index contributed by atoms with van der Waals surface area (Å²) >= 11 is 15.3. The lowest BCUT2D eigenvalue weighted by Gasteiger charge is -2.07. The summed E-state index contributed by atoms with van der Waals surface area (Å²) in [6, 6.07) is 3.29. The molecule has 88 valence electrons. The maximum Gasteiger partial charge on any atom is 0.340 e. The van der Waals surface area contributed by atoms with Crippen molar-refractivity contribution in [3.05, 3.63) is 38.4 Å². The molecular weight excluding hydrogens is 329 g/mol. The monoisotopic (exact) mass is 333 g/mol. The number of hydrogen-bond acceptors (Lipinski definition) is 3. The highest BCUT2D eigenvalue weighted by Crippen LogP contribution is 2.33. The molecule has 0 aliphatic carbocycles. The SMILES string of the molecule is COC(=O)c1cnc2c(Cl)cc(Cl)cc2c1Br. The number of benzene rings is 1. The number of nitrogens with zero attached hydrogens (tertiary/aromatic N) is 1. The average molecular weight is 335 g/mol. The van der Waals surface area contributed by atoms with Crippen LogP contribution in [0.3, 0.4) is 0 Å². The zero-order valence-corrected chi connectivity index (χ0v) is 11.7. The van der Waals surface area contributed by atoms with E-state index >= 15 is 0 Å². The third kappa shape index (κ3) is 2.25. The molecule has 1 aromatic carbocycles. The zero-order valence-electron chi connectivity index (χ0n) is 8.63. The van der Waals surface area contributed by atoms with Crippen molar-refractivity contribution in [2.24, 2.45) is 0 Å². The van der Waals surface area contributed by atoms with Crippen molar-refractivity contribution in [2.75, 3.05) is 7.11 Å².